The van der Waals surface area contributed by atoms with Gasteiger partial charge < -0.3 is 20.6 Å². The molecular formula is C7H13NO4. The monoisotopic (exact) mass is 175 g/mol. The molecule has 0 aromatic rings. The summed E-state index contributed by atoms with van der Waals surface area (Å²) in [5.74, 6) is -0.277. The molecule has 70 valence electrons. The van der Waals surface area contributed by atoms with E-state index in [1.807, 2.05) is 0 Å². The van der Waals surface area contributed by atoms with Gasteiger partial charge in [0.2, 0.25) is 5.91 Å². The minimum atomic E-state index is -1.15. The number of nitrogens with one attached hydrogen (secondary N) is 1. The van der Waals surface area contributed by atoms with Gasteiger partial charge >= 0.3 is 0 Å². The maximum Gasteiger partial charge on any atom is 0.217 e. The Kier molecular flexibility index (Phi) is 2.66. The van der Waals surface area contributed by atoms with Crippen LogP contribution in [0.15, 0.2) is 0 Å². The van der Waals surface area contributed by atoms with Gasteiger partial charge in [-0.25, -0.2) is 0 Å². The lowest BCUT2D eigenvalue weighted by atomic mass is 10.2. The third-order valence-electron chi connectivity index (χ3n) is 2.04. The summed E-state index contributed by atoms with van der Waals surface area (Å²) in [6.07, 6.45) is -2.97. The first-order valence-electron chi connectivity index (χ1n) is 3.83. The van der Waals surface area contributed by atoms with Gasteiger partial charge in [0.25, 0.3) is 0 Å². The zero-order chi connectivity index (χ0) is 9.30. The molecule has 5 heteroatoms. The molecule has 5 nitrogen and oxygen atoms in total. The van der Waals surface area contributed by atoms with Crippen LogP contribution in [0, 0.1) is 0 Å². The van der Waals surface area contributed by atoms with Gasteiger partial charge in [-0.2, -0.15) is 0 Å². The molecule has 1 rings (SSSR count). The van der Waals surface area contributed by atoms with E-state index in [1.165, 1.54) is 6.92 Å². The van der Waals surface area contributed by atoms with E-state index in [4.69, 9.17) is 10.2 Å². The molecule has 0 spiro atoms. The van der Waals surface area contributed by atoms with Crippen molar-refractivity contribution in [2.75, 3.05) is 0 Å². The van der Waals surface area contributed by atoms with Crippen molar-refractivity contribution < 1.29 is 20.1 Å². The maximum absolute atomic E-state index is 10.6. The van der Waals surface area contributed by atoms with E-state index in [0.717, 1.165) is 0 Å². The summed E-state index contributed by atoms with van der Waals surface area (Å²) < 4.78 is 0. The normalized spacial score (nSPS) is 41.3. The van der Waals surface area contributed by atoms with Gasteiger partial charge in [-0.3, -0.25) is 4.79 Å². The second kappa shape index (κ2) is 3.38. The van der Waals surface area contributed by atoms with Crippen LogP contribution in [0.4, 0.5) is 0 Å². The van der Waals surface area contributed by atoms with Crippen LogP contribution in [0.5, 0.6) is 0 Å². The second-order valence-corrected chi connectivity index (χ2v) is 3.09. The molecule has 1 amide bonds. The third kappa shape index (κ3) is 1.74. The van der Waals surface area contributed by atoms with Crippen LogP contribution in [0.2, 0.25) is 0 Å². The molecule has 0 aliphatic heterocycles. The molecule has 12 heavy (non-hydrogen) atoms. The van der Waals surface area contributed by atoms with E-state index in [2.05, 4.69) is 5.32 Å². The number of aliphatic hydroxyl groups excluding tert-OH is 3. The van der Waals surface area contributed by atoms with Crippen molar-refractivity contribution in [3.05, 3.63) is 0 Å². The molecule has 1 fully saturated rings. The summed E-state index contributed by atoms with van der Waals surface area (Å²) in [6.45, 7) is 1.32. The largest absolute Gasteiger partial charge is 0.390 e. The van der Waals surface area contributed by atoms with Crippen molar-refractivity contribution in [3.63, 3.8) is 0 Å². The molecule has 0 aromatic carbocycles. The van der Waals surface area contributed by atoms with Crippen molar-refractivity contribution >= 4 is 5.91 Å². The Morgan fingerprint density at radius 3 is 2.25 bits per heavy atom. The fourth-order valence-corrected chi connectivity index (χ4v) is 1.41. The summed E-state index contributed by atoms with van der Waals surface area (Å²) in [6, 6.07) is -0.535. The smallest absolute Gasteiger partial charge is 0.217 e. The number of carbonyl (C=O) groups is 1. The number of carbonyl (C=O) groups excluding carboxylic acids is 1. The zero-order valence-electron chi connectivity index (χ0n) is 6.77. The number of hydrogen-bond donors (Lipinski definition) is 4. The second-order valence-electron chi connectivity index (χ2n) is 3.09. The van der Waals surface area contributed by atoms with Crippen molar-refractivity contribution in [1.29, 1.82) is 0 Å². The van der Waals surface area contributed by atoms with E-state index in [9.17, 15) is 9.90 Å². The van der Waals surface area contributed by atoms with Gasteiger partial charge in [-0.05, 0) is 6.42 Å². The standard InChI is InChI=1S/C7H13NO4/c1-3(9)8-4-2-5(10)7(12)6(4)11/h4-7,10-12H,2H2,1H3,(H,8,9)/t4-,5-,6+,7+/m0/s1. The molecule has 1 saturated carbocycles. The molecule has 1 aliphatic rings. The molecule has 0 unspecified atom stereocenters. The molecule has 1 aliphatic carbocycles. The van der Waals surface area contributed by atoms with Crippen molar-refractivity contribution in [1.82, 2.24) is 5.32 Å². The SMILES string of the molecule is CC(=O)N[C@H]1C[C@H](O)[C@@H](O)[C@@H]1O. The molecule has 4 atom stereocenters. The number of hydrogen-bond acceptors (Lipinski definition) is 4. The summed E-state index contributed by atoms with van der Waals surface area (Å²) in [4.78, 5) is 10.6. The summed E-state index contributed by atoms with van der Waals surface area (Å²) >= 11 is 0. The first-order valence-corrected chi connectivity index (χ1v) is 3.83. The molecule has 0 aromatic heterocycles. The van der Waals surface area contributed by atoms with Gasteiger partial charge in [0.15, 0.2) is 0 Å². The molecular weight excluding hydrogens is 162 g/mol. The average Bonchev–Trinajstić information content (AvgIpc) is 2.17. The Morgan fingerprint density at radius 1 is 1.33 bits per heavy atom. The summed E-state index contributed by atoms with van der Waals surface area (Å²) in [5, 5.41) is 29.9. The van der Waals surface area contributed by atoms with E-state index in [-0.39, 0.29) is 12.3 Å². The minimum Gasteiger partial charge on any atom is -0.390 e. The first-order chi connectivity index (χ1) is 5.52. The van der Waals surface area contributed by atoms with Crippen molar-refractivity contribution in [3.8, 4) is 0 Å². The minimum absolute atomic E-state index is 0.196. The Labute approximate surface area is 70.0 Å². The highest BCUT2D eigenvalue weighted by Crippen LogP contribution is 2.20. The quantitative estimate of drug-likeness (QED) is 0.370. The molecule has 0 radical (unpaired) electrons. The predicted octanol–water partition coefficient (Wildman–Crippen LogP) is -2.02. The van der Waals surface area contributed by atoms with Gasteiger partial charge in [-0.1, -0.05) is 0 Å². The molecule has 4 N–H and O–H groups in total. The molecule has 0 saturated heterocycles. The van der Waals surface area contributed by atoms with Crippen molar-refractivity contribution in [2.45, 2.75) is 37.7 Å². The van der Waals surface area contributed by atoms with Crippen LogP contribution in [-0.2, 0) is 4.79 Å². The van der Waals surface area contributed by atoms with Crippen LogP contribution < -0.4 is 5.32 Å². The summed E-state index contributed by atoms with van der Waals surface area (Å²) in [5.41, 5.74) is 0. The highest BCUT2D eigenvalue weighted by Gasteiger charge is 2.40. The first kappa shape index (κ1) is 9.44. The Balaban J connectivity index is 2.52. The third-order valence-corrected chi connectivity index (χ3v) is 2.04. The Bertz CT molecular complexity index is 184. The lowest BCUT2D eigenvalue weighted by molar-refractivity contribution is -0.120. The highest BCUT2D eigenvalue weighted by atomic mass is 16.4. The van der Waals surface area contributed by atoms with E-state index >= 15 is 0 Å². The fraction of sp³-hybridized carbons (Fsp3) is 0.857. The van der Waals surface area contributed by atoms with Crippen LogP contribution in [0.3, 0.4) is 0 Å². The summed E-state index contributed by atoms with van der Waals surface area (Å²) in [7, 11) is 0. The number of amides is 1. The lowest BCUT2D eigenvalue weighted by Gasteiger charge is -2.16. The zero-order valence-corrected chi connectivity index (χ0v) is 6.77. The molecule has 0 heterocycles. The highest BCUT2D eigenvalue weighted by molar-refractivity contribution is 5.73. The van der Waals surface area contributed by atoms with E-state index < -0.39 is 24.4 Å². The van der Waals surface area contributed by atoms with E-state index in [0.29, 0.717) is 0 Å². The Morgan fingerprint density at radius 2 is 1.92 bits per heavy atom. The topological polar surface area (TPSA) is 89.8 Å². The van der Waals surface area contributed by atoms with Crippen LogP contribution in [-0.4, -0.2) is 45.6 Å². The lowest BCUT2D eigenvalue weighted by Crippen LogP contribution is -2.42. The van der Waals surface area contributed by atoms with Gasteiger partial charge in [0, 0.05) is 6.92 Å². The van der Waals surface area contributed by atoms with Gasteiger partial charge in [-0.15, -0.1) is 0 Å². The van der Waals surface area contributed by atoms with Crippen LogP contribution in [0.25, 0.3) is 0 Å². The van der Waals surface area contributed by atoms with Gasteiger partial charge in [0.05, 0.1) is 12.1 Å². The predicted molar refractivity (Wildman–Crippen MR) is 40.2 cm³/mol. The average molecular weight is 175 g/mol. The van der Waals surface area contributed by atoms with E-state index in [1.54, 1.807) is 0 Å². The number of rotatable bonds is 1. The number of aliphatic hydroxyl groups is 3. The van der Waals surface area contributed by atoms with Crippen LogP contribution in [0.1, 0.15) is 13.3 Å². The maximum atomic E-state index is 10.6. The van der Waals surface area contributed by atoms with Gasteiger partial charge in [0.1, 0.15) is 12.2 Å². The van der Waals surface area contributed by atoms with Crippen LogP contribution >= 0.6 is 0 Å². The molecule has 0 bridgehead atoms. The van der Waals surface area contributed by atoms with Crippen molar-refractivity contribution in [2.24, 2.45) is 0 Å². The fourth-order valence-electron chi connectivity index (χ4n) is 1.41. The Hall–Kier alpha value is -0.650.